The molecule has 3 fully saturated rings. The SMILES string of the molecule is CCNC1(CO)CCCC(N2CCC3CCC(C2)N3C)C1. The van der Waals surface area contributed by atoms with E-state index in [1.54, 1.807) is 0 Å². The molecular weight excluding hydrogens is 262 g/mol. The Morgan fingerprint density at radius 1 is 1.14 bits per heavy atom. The number of hydrogen-bond donors (Lipinski definition) is 2. The lowest BCUT2D eigenvalue weighted by Gasteiger charge is -2.45. The summed E-state index contributed by atoms with van der Waals surface area (Å²) in [7, 11) is 2.32. The second-order valence-electron chi connectivity index (χ2n) is 7.55. The first kappa shape index (κ1) is 15.7. The van der Waals surface area contributed by atoms with Crippen LogP contribution in [0.5, 0.6) is 0 Å². The summed E-state index contributed by atoms with van der Waals surface area (Å²) in [4.78, 5) is 5.38. The quantitative estimate of drug-likeness (QED) is 0.823. The van der Waals surface area contributed by atoms with Gasteiger partial charge in [-0.3, -0.25) is 9.80 Å². The number of aliphatic hydroxyl groups excluding tert-OH is 1. The van der Waals surface area contributed by atoms with Gasteiger partial charge in [0.2, 0.25) is 0 Å². The van der Waals surface area contributed by atoms with Crippen molar-refractivity contribution in [2.75, 3.05) is 33.3 Å². The molecule has 0 amide bonds. The van der Waals surface area contributed by atoms with Gasteiger partial charge in [-0.1, -0.05) is 6.92 Å². The van der Waals surface area contributed by atoms with Gasteiger partial charge >= 0.3 is 0 Å². The van der Waals surface area contributed by atoms with Crippen LogP contribution in [0.2, 0.25) is 0 Å². The number of nitrogens with one attached hydrogen (secondary N) is 1. The molecule has 4 heteroatoms. The Morgan fingerprint density at radius 2 is 1.95 bits per heavy atom. The number of hydrogen-bond acceptors (Lipinski definition) is 4. The molecule has 2 bridgehead atoms. The Hall–Kier alpha value is -0.160. The minimum Gasteiger partial charge on any atom is -0.394 e. The van der Waals surface area contributed by atoms with Crippen molar-refractivity contribution in [1.29, 1.82) is 0 Å². The van der Waals surface area contributed by atoms with E-state index in [2.05, 4.69) is 29.1 Å². The molecule has 122 valence electrons. The van der Waals surface area contributed by atoms with E-state index >= 15 is 0 Å². The van der Waals surface area contributed by atoms with Crippen molar-refractivity contribution >= 4 is 0 Å². The summed E-state index contributed by atoms with van der Waals surface area (Å²) in [6.45, 7) is 5.90. The Labute approximate surface area is 129 Å². The standard InChI is InChI=1S/C17H33N3O/c1-3-18-17(13-21)9-4-5-15(11-17)20-10-8-14-6-7-16(12-20)19(14)2/h14-16,18,21H,3-13H2,1-2H3. The van der Waals surface area contributed by atoms with Crippen LogP contribution in [-0.4, -0.2) is 71.9 Å². The molecule has 2 heterocycles. The number of likely N-dealkylation sites (tertiary alicyclic amines) is 1. The zero-order valence-electron chi connectivity index (χ0n) is 13.9. The molecule has 2 N–H and O–H groups in total. The monoisotopic (exact) mass is 295 g/mol. The minimum atomic E-state index is -0.0190. The molecule has 1 saturated carbocycles. The number of nitrogens with zero attached hydrogens (tertiary/aromatic N) is 2. The predicted molar refractivity (Wildman–Crippen MR) is 86.5 cm³/mol. The van der Waals surface area contributed by atoms with Crippen molar-refractivity contribution in [2.24, 2.45) is 0 Å². The maximum atomic E-state index is 9.90. The third kappa shape index (κ3) is 3.14. The molecule has 4 nitrogen and oxygen atoms in total. The van der Waals surface area contributed by atoms with Gasteiger partial charge in [-0.05, 0) is 65.1 Å². The van der Waals surface area contributed by atoms with E-state index in [4.69, 9.17) is 0 Å². The molecule has 0 aromatic carbocycles. The smallest absolute Gasteiger partial charge is 0.0613 e. The maximum absolute atomic E-state index is 9.90. The molecule has 3 rings (SSSR count). The van der Waals surface area contributed by atoms with Crippen LogP contribution >= 0.6 is 0 Å². The number of aliphatic hydroxyl groups is 1. The summed E-state index contributed by atoms with van der Waals surface area (Å²) < 4.78 is 0. The van der Waals surface area contributed by atoms with Crippen LogP contribution in [0.25, 0.3) is 0 Å². The van der Waals surface area contributed by atoms with Crippen LogP contribution in [0.4, 0.5) is 0 Å². The molecule has 4 atom stereocenters. The highest BCUT2D eigenvalue weighted by Crippen LogP contribution is 2.35. The number of likely N-dealkylation sites (N-methyl/N-ethyl adjacent to an activating group) is 2. The van der Waals surface area contributed by atoms with Crippen molar-refractivity contribution < 1.29 is 5.11 Å². The summed E-state index contributed by atoms with van der Waals surface area (Å²) in [5, 5.41) is 13.5. The zero-order valence-corrected chi connectivity index (χ0v) is 13.9. The van der Waals surface area contributed by atoms with E-state index in [0.717, 1.165) is 31.5 Å². The second kappa shape index (κ2) is 6.53. The third-order valence-electron chi connectivity index (χ3n) is 6.37. The first-order valence-corrected chi connectivity index (χ1v) is 8.99. The number of rotatable bonds is 4. The Kier molecular flexibility index (Phi) is 4.89. The van der Waals surface area contributed by atoms with E-state index in [0.29, 0.717) is 6.04 Å². The number of fused-ring (bicyclic) bond motifs is 2. The van der Waals surface area contributed by atoms with Gasteiger partial charge in [0.05, 0.1) is 6.61 Å². The summed E-state index contributed by atoms with van der Waals surface area (Å²) in [6, 6.07) is 2.25. The highest BCUT2D eigenvalue weighted by atomic mass is 16.3. The van der Waals surface area contributed by atoms with Gasteiger partial charge in [-0.2, -0.15) is 0 Å². The average Bonchev–Trinajstić information content (AvgIpc) is 2.73. The summed E-state index contributed by atoms with van der Waals surface area (Å²) in [5.41, 5.74) is -0.0190. The highest BCUT2D eigenvalue weighted by Gasteiger charge is 2.41. The first-order chi connectivity index (χ1) is 10.2. The van der Waals surface area contributed by atoms with Crippen LogP contribution in [0.1, 0.15) is 51.9 Å². The summed E-state index contributed by atoms with van der Waals surface area (Å²) >= 11 is 0. The van der Waals surface area contributed by atoms with E-state index in [9.17, 15) is 5.11 Å². The largest absolute Gasteiger partial charge is 0.394 e. The lowest BCUT2D eigenvalue weighted by molar-refractivity contribution is 0.0561. The van der Waals surface area contributed by atoms with Crippen molar-refractivity contribution in [1.82, 2.24) is 15.1 Å². The average molecular weight is 295 g/mol. The summed E-state index contributed by atoms with van der Waals surface area (Å²) in [6.07, 6.45) is 8.93. The fourth-order valence-corrected chi connectivity index (χ4v) is 5.04. The lowest BCUT2D eigenvalue weighted by Crippen LogP contribution is -2.56. The predicted octanol–water partition coefficient (Wildman–Crippen LogP) is 1.44. The molecule has 1 aliphatic carbocycles. The van der Waals surface area contributed by atoms with Crippen LogP contribution in [0, 0.1) is 0 Å². The van der Waals surface area contributed by atoms with E-state index < -0.39 is 0 Å². The topological polar surface area (TPSA) is 38.7 Å². The third-order valence-corrected chi connectivity index (χ3v) is 6.37. The van der Waals surface area contributed by atoms with Gasteiger partial charge < -0.3 is 10.4 Å². The summed E-state index contributed by atoms with van der Waals surface area (Å²) in [5.74, 6) is 0. The van der Waals surface area contributed by atoms with Gasteiger partial charge in [0.1, 0.15) is 0 Å². The van der Waals surface area contributed by atoms with Gasteiger partial charge in [0.15, 0.2) is 0 Å². The van der Waals surface area contributed by atoms with Crippen molar-refractivity contribution in [3.8, 4) is 0 Å². The van der Waals surface area contributed by atoms with E-state index in [1.807, 2.05) is 0 Å². The van der Waals surface area contributed by atoms with Crippen molar-refractivity contribution in [2.45, 2.75) is 75.5 Å². The van der Waals surface area contributed by atoms with Crippen LogP contribution < -0.4 is 5.32 Å². The van der Waals surface area contributed by atoms with Crippen LogP contribution in [-0.2, 0) is 0 Å². The highest BCUT2D eigenvalue weighted by molar-refractivity contribution is 4.99. The molecule has 3 aliphatic rings. The molecule has 21 heavy (non-hydrogen) atoms. The molecule has 4 unspecified atom stereocenters. The van der Waals surface area contributed by atoms with E-state index in [-0.39, 0.29) is 12.1 Å². The van der Waals surface area contributed by atoms with Gasteiger partial charge in [0.25, 0.3) is 0 Å². The molecular formula is C17H33N3O. The zero-order chi connectivity index (χ0) is 14.9. The maximum Gasteiger partial charge on any atom is 0.0613 e. The molecule has 2 aliphatic heterocycles. The Balaban J connectivity index is 1.66. The molecule has 0 radical (unpaired) electrons. The van der Waals surface area contributed by atoms with Crippen molar-refractivity contribution in [3.05, 3.63) is 0 Å². The van der Waals surface area contributed by atoms with Crippen LogP contribution in [0.3, 0.4) is 0 Å². The van der Waals surface area contributed by atoms with Gasteiger partial charge in [-0.15, -0.1) is 0 Å². The fourth-order valence-electron chi connectivity index (χ4n) is 5.04. The molecule has 0 aromatic rings. The van der Waals surface area contributed by atoms with Gasteiger partial charge in [0, 0.05) is 30.2 Å². The second-order valence-corrected chi connectivity index (χ2v) is 7.55. The lowest BCUT2D eigenvalue weighted by atomic mass is 9.78. The normalized spacial score (nSPS) is 42.1. The fraction of sp³-hybridized carbons (Fsp3) is 1.00. The molecule has 0 spiro atoms. The minimum absolute atomic E-state index is 0.0190. The molecule has 0 aromatic heterocycles. The Morgan fingerprint density at radius 3 is 2.71 bits per heavy atom. The first-order valence-electron chi connectivity index (χ1n) is 8.99. The van der Waals surface area contributed by atoms with Crippen LogP contribution in [0.15, 0.2) is 0 Å². The van der Waals surface area contributed by atoms with Gasteiger partial charge in [-0.25, -0.2) is 0 Å². The van der Waals surface area contributed by atoms with Crippen molar-refractivity contribution in [3.63, 3.8) is 0 Å². The van der Waals surface area contributed by atoms with E-state index in [1.165, 1.54) is 45.2 Å². The Bertz CT molecular complexity index is 347. The molecule has 2 saturated heterocycles.